The summed E-state index contributed by atoms with van der Waals surface area (Å²) in [5.74, 6) is -0.685. The number of hydrogen-bond acceptors (Lipinski definition) is 4. The van der Waals surface area contributed by atoms with E-state index in [0.29, 0.717) is 12.6 Å². The molecule has 1 unspecified atom stereocenters. The Labute approximate surface area is 110 Å². The highest BCUT2D eigenvalue weighted by molar-refractivity contribution is 5.73. The first-order chi connectivity index (χ1) is 8.56. The number of likely N-dealkylation sites (tertiary alicyclic amines) is 1. The minimum absolute atomic E-state index is 0.320. The van der Waals surface area contributed by atoms with Crippen molar-refractivity contribution >= 4 is 5.97 Å². The third-order valence-electron chi connectivity index (χ3n) is 3.89. The topological polar surface area (TPSA) is 69.8 Å². The van der Waals surface area contributed by atoms with E-state index in [1.165, 1.54) is 0 Å². The Balaban J connectivity index is 2.42. The quantitative estimate of drug-likeness (QED) is 0.653. The predicted molar refractivity (Wildman–Crippen MR) is 72.6 cm³/mol. The van der Waals surface area contributed by atoms with Gasteiger partial charge >= 0.3 is 5.97 Å². The second-order valence-electron chi connectivity index (χ2n) is 5.37. The fourth-order valence-corrected chi connectivity index (χ4v) is 2.66. The molecule has 0 aliphatic carbocycles. The van der Waals surface area contributed by atoms with Gasteiger partial charge in [0.2, 0.25) is 0 Å². The normalized spacial score (nSPS) is 20.2. The summed E-state index contributed by atoms with van der Waals surface area (Å²) in [7, 11) is 4.19. The number of rotatable bonds is 7. The lowest BCUT2D eigenvalue weighted by Gasteiger charge is -2.38. The van der Waals surface area contributed by atoms with Crippen molar-refractivity contribution in [3.05, 3.63) is 0 Å². The number of carboxylic acids is 1. The van der Waals surface area contributed by atoms with Crippen LogP contribution in [0, 0.1) is 0 Å². The van der Waals surface area contributed by atoms with E-state index in [4.69, 9.17) is 5.73 Å². The molecule has 0 radical (unpaired) electrons. The summed E-state index contributed by atoms with van der Waals surface area (Å²) in [5, 5.41) is 9.32. The number of carbonyl (C=O) groups is 1. The van der Waals surface area contributed by atoms with Crippen LogP contribution in [0.4, 0.5) is 0 Å². The maximum absolute atomic E-state index is 11.3. The van der Waals surface area contributed by atoms with Crippen LogP contribution in [-0.2, 0) is 4.79 Å². The Morgan fingerprint density at radius 3 is 2.44 bits per heavy atom. The highest BCUT2D eigenvalue weighted by Gasteiger charge is 2.29. The largest absolute Gasteiger partial charge is 0.480 e. The lowest BCUT2D eigenvalue weighted by Crippen LogP contribution is -2.49. The Morgan fingerprint density at radius 2 is 2.00 bits per heavy atom. The molecule has 5 heteroatoms. The smallest absolute Gasteiger partial charge is 0.320 e. The minimum atomic E-state index is -0.685. The average Bonchev–Trinajstić information content (AvgIpc) is 2.34. The van der Waals surface area contributed by atoms with Crippen molar-refractivity contribution in [3.63, 3.8) is 0 Å². The van der Waals surface area contributed by atoms with Crippen molar-refractivity contribution in [1.82, 2.24) is 9.80 Å². The summed E-state index contributed by atoms with van der Waals surface area (Å²) in [4.78, 5) is 15.7. The SMILES string of the molecule is CN(C)C1CCN(C(CCCCN)C(=O)O)CC1. The zero-order valence-corrected chi connectivity index (χ0v) is 11.6. The van der Waals surface area contributed by atoms with Crippen LogP contribution < -0.4 is 5.73 Å². The summed E-state index contributed by atoms with van der Waals surface area (Å²) in [6, 6.07) is 0.277. The molecule has 106 valence electrons. The molecule has 0 bridgehead atoms. The first-order valence-electron chi connectivity index (χ1n) is 6.89. The van der Waals surface area contributed by atoms with E-state index in [0.717, 1.165) is 45.2 Å². The second kappa shape index (κ2) is 7.71. The molecule has 0 aromatic rings. The van der Waals surface area contributed by atoms with Gasteiger partial charge in [-0.2, -0.15) is 0 Å². The van der Waals surface area contributed by atoms with E-state index in [1.54, 1.807) is 0 Å². The van der Waals surface area contributed by atoms with E-state index < -0.39 is 5.97 Å². The molecule has 0 spiro atoms. The molecule has 1 heterocycles. The standard InChI is InChI=1S/C13H27N3O2/c1-15(2)11-6-9-16(10-7-11)12(13(17)18)5-3-4-8-14/h11-12H,3-10,14H2,1-2H3,(H,17,18). The Kier molecular flexibility index (Phi) is 6.60. The fourth-order valence-electron chi connectivity index (χ4n) is 2.66. The molecular formula is C13H27N3O2. The van der Waals surface area contributed by atoms with Gasteiger partial charge in [-0.25, -0.2) is 0 Å². The van der Waals surface area contributed by atoms with Crippen LogP contribution in [0.5, 0.6) is 0 Å². The van der Waals surface area contributed by atoms with Gasteiger partial charge in [0.05, 0.1) is 0 Å². The molecular weight excluding hydrogens is 230 g/mol. The van der Waals surface area contributed by atoms with Crippen LogP contribution >= 0.6 is 0 Å². The average molecular weight is 257 g/mol. The Morgan fingerprint density at radius 1 is 1.39 bits per heavy atom. The van der Waals surface area contributed by atoms with Gasteiger partial charge < -0.3 is 15.7 Å². The third-order valence-corrected chi connectivity index (χ3v) is 3.89. The number of piperidine rings is 1. The maximum atomic E-state index is 11.3. The first-order valence-corrected chi connectivity index (χ1v) is 6.89. The molecule has 5 nitrogen and oxygen atoms in total. The van der Waals surface area contributed by atoms with Crippen molar-refractivity contribution in [2.45, 2.75) is 44.2 Å². The lowest BCUT2D eigenvalue weighted by molar-refractivity contribution is -0.144. The van der Waals surface area contributed by atoms with Crippen LogP contribution in [-0.4, -0.2) is 66.7 Å². The fraction of sp³-hybridized carbons (Fsp3) is 0.923. The van der Waals surface area contributed by atoms with Crippen molar-refractivity contribution in [1.29, 1.82) is 0 Å². The summed E-state index contributed by atoms with van der Waals surface area (Å²) >= 11 is 0. The van der Waals surface area contributed by atoms with Crippen LogP contribution in [0.25, 0.3) is 0 Å². The van der Waals surface area contributed by atoms with Crippen molar-refractivity contribution in [2.75, 3.05) is 33.7 Å². The van der Waals surface area contributed by atoms with Crippen molar-refractivity contribution in [3.8, 4) is 0 Å². The summed E-state index contributed by atoms with van der Waals surface area (Å²) < 4.78 is 0. The van der Waals surface area contributed by atoms with E-state index in [9.17, 15) is 9.90 Å². The molecule has 1 fully saturated rings. The molecule has 0 aromatic carbocycles. The lowest BCUT2D eigenvalue weighted by atomic mass is 10.00. The molecule has 1 rings (SSSR count). The molecule has 1 aliphatic rings. The van der Waals surface area contributed by atoms with Crippen LogP contribution in [0.2, 0.25) is 0 Å². The number of hydrogen-bond donors (Lipinski definition) is 2. The molecule has 0 amide bonds. The molecule has 3 N–H and O–H groups in total. The van der Waals surface area contributed by atoms with E-state index in [2.05, 4.69) is 23.9 Å². The summed E-state index contributed by atoms with van der Waals surface area (Å²) in [6.45, 7) is 2.43. The van der Waals surface area contributed by atoms with Crippen LogP contribution in [0.15, 0.2) is 0 Å². The van der Waals surface area contributed by atoms with Crippen LogP contribution in [0.3, 0.4) is 0 Å². The van der Waals surface area contributed by atoms with Gasteiger partial charge in [0.1, 0.15) is 6.04 Å². The van der Waals surface area contributed by atoms with E-state index in [1.807, 2.05) is 0 Å². The van der Waals surface area contributed by atoms with Gasteiger partial charge in [-0.3, -0.25) is 9.69 Å². The van der Waals surface area contributed by atoms with Crippen LogP contribution in [0.1, 0.15) is 32.1 Å². The first kappa shape index (κ1) is 15.4. The van der Waals surface area contributed by atoms with Gasteiger partial charge in [0.25, 0.3) is 0 Å². The van der Waals surface area contributed by atoms with Gasteiger partial charge in [-0.15, -0.1) is 0 Å². The molecule has 0 aromatic heterocycles. The Hall–Kier alpha value is -0.650. The molecule has 1 atom stereocenters. The minimum Gasteiger partial charge on any atom is -0.480 e. The number of aliphatic carboxylic acids is 1. The molecule has 1 aliphatic heterocycles. The monoisotopic (exact) mass is 257 g/mol. The van der Waals surface area contributed by atoms with Crippen molar-refractivity contribution < 1.29 is 9.90 Å². The third kappa shape index (κ3) is 4.55. The zero-order chi connectivity index (χ0) is 13.5. The number of nitrogens with two attached hydrogens (primary N) is 1. The van der Waals surface area contributed by atoms with Gasteiger partial charge in [0.15, 0.2) is 0 Å². The molecule has 1 saturated heterocycles. The molecule has 18 heavy (non-hydrogen) atoms. The summed E-state index contributed by atoms with van der Waals surface area (Å²) in [5.41, 5.74) is 5.45. The highest BCUT2D eigenvalue weighted by Crippen LogP contribution is 2.19. The number of carboxylic acid groups (broad SMARTS) is 1. The predicted octanol–water partition coefficient (Wildman–Crippen LogP) is 0.595. The number of nitrogens with zero attached hydrogens (tertiary/aromatic N) is 2. The number of unbranched alkanes of at least 4 members (excludes halogenated alkanes) is 1. The van der Waals surface area contributed by atoms with Crippen molar-refractivity contribution in [2.24, 2.45) is 5.73 Å². The maximum Gasteiger partial charge on any atom is 0.320 e. The van der Waals surface area contributed by atoms with Gasteiger partial charge in [-0.05, 0) is 46.3 Å². The zero-order valence-electron chi connectivity index (χ0n) is 11.6. The Bertz CT molecular complexity index is 251. The van der Waals surface area contributed by atoms with Gasteiger partial charge in [0, 0.05) is 19.1 Å². The van der Waals surface area contributed by atoms with E-state index in [-0.39, 0.29) is 6.04 Å². The molecule has 0 saturated carbocycles. The van der Waals surface area contributed by atoms with Gasteiger partial charge in [-0.1, -0.05) is 6.42 Å². The summed E-state index contributed by atoms with van der Waals surface area (Å²) in [6.07, 6.45) is 4.67. The highest BCUT2D eigenvalue weighted by atomic mass is 16.4. The van der Waals surface area contributed by atoms with E-state index >= 15 is 0 Å². The second-order valence-corrected chi connectivity index (χ2v) is 5.37.